The lowest BCUT2D eigenvalue weighted by Gasteiger charge is -2.20. The molecule has 0 saturated carbocycles. The number of aryl methyl sites for hydroxylation is 1. The van der Waals surface area contributed by atoms with E-state index in [0.29, 0.717) is 30.9 Å². The predicted octanol–water partition coefficient (Wildman–Crippen LogP) is 3.72. The summed E-state index contributed by atoms with van der Waals surface area (Å²) in [5.41, 5.74) is 3.20. The normalized spacial score (nSPS) is 15.9. The number of carbonyl (C=O) groups is 3. The van der Waals surface area contributed by atoms with E-state index in [1.54, 1.807) is 34.1 Å². The fourth-order valence-corrected chi connectivity index (χ4v) is 3.82. The molecule has 3 rings (SSSR count). The molecule has 3 amide bonds. The highest BCUT2D eigenvalue weighted by Gasteiger charge is 2.35. The number of hydrogen-bond acceptors (Lipinski definition) is 3. The topological polar surface area (TPSA) is 69.7 Å². The van der Waals surface area contributed by atoms with Crippen LogP contribution in [-0.4, -0.2) is 42.3 Å². The van der Waals surface area contributed by atoms with Crippen molar-refractivity contribution in [2.45, 2.75) is 33.6 Å². The molecular formula is C24H29N3O3. The Balaban J connectivity index is 1.65. The zero-order chi connectivity index (χ0) is 21.7. The predicted molar refractivity (Wildman–Crippen MR) is 119 cm³/mol. The molecule has 6 heteroatoms. The number of nitrogens with one attached hydrogen (secondary N) is 1. The van der Waals surface area contributed by atoms with Gasteiger partial charge in [0, 0.05) is 43.0 Å². The maximum absolute atomic E-state index is 12.7. The molecule has 0 spiro atoms. The first-order chi connectivity index (χ1) is 14.5. The summed E-state index contributed by atoms with van der Waals surface area (Å²) in [5.74, 6) is -0.636. The van der Waals surface area contributed by atoms with E-state index in [4.69, 9.17) is 0 Å². The molecule has 1 aliphatic heterocycles. The van der Waals surface area contributed by atoms with E-state index in [-0.39, 0.29) is 24.1 Å². The third kappa shape index (κ3) is 4.53. The summed E-state index contributed by atoms with van der Waals surface area (Å²) < 4.78 is 0. The maximum Gasteiger partial charge on any atom is 0.253 e. The lowest BCUT2D eigenvalue weighted by atomic mass is 10.1. The van der Waals surface area contributed by atoms with Gasteiger partial charge in [0.1, 0.15) is 0 Å². The second-order valence-corrected chi connectivity index (χ2v) is 7.43. The van der Waals surface area contributed by atoms with Crippen molar-refractivity contribution in [1.29, 1.82) is 0 Å². The van der Waals surface area contributed by atoms with Gasteiger partial charge in [0.25, 0.3) is 5.91 Å². The van der Waals surface area contributed by atoms with E-state index >= 15 is 0 Å². The molecule has 1 saturated heterocycles. The van der Waals surface area contributed by atoms with E-state index in [2.05, 4.69) is 12.2 Å². The molecule has 1 fully saturated rings. The molecule has 0 radical (unpaired) electrons. The second-order valence-electron chi connectivity index (χ2n) is 7.43. The fraction of sp³-hybridized carbons (Fsp3) is 0.375. The minimum absolute atomic E-state index is 0.0236. The molecule has 1 heterocycles. The minimum Gasteiger partial charge on any atom is -0.339 e. The first kappa shape index (κ1) is 21.6. The molecule has 0 aliphatic carbocycles. The van der Waals surface area contributed by atoms with Crippen LogP contribution >= 0.6 is 0 Å². The average molecular weight is 408 g/mol. The van der Waals surface area contributed by atoms with E-state index < -0.39 is 5.92 Å². The van der Waals surface area contributed by atoms with E-state index in [9.17, 15) is 14.4 Å². The van der Waals surface area contributed by atoms with E-state index in [1.165, 1.54) is 0 Å². The van der Waals surface area contributed by atoms with Crippen molar-refractivity contribution in [3.05, 3.63) is 59.7 Å². The molecule has 158 valence electrons. The smallest absolute Gasteiger partial charge is 0.253 e. The van der Waals surface area contributed by atoms with Crippen molar-refractivity contribution in [2.75, 3.05) is 29.9 Å². The number of carbonyl (C=O) groups excluding carboxylic acids is 3. The van der Waals surface area contributed by atoms with Gasteiger partial charge in [-0.05, 0) is 56.2 Å². The number of anilines is 2. The van der Waals surface area contributed by atoms with Crippen LogP contribution in [0, 0.1) is 5.92 Å². The van der Waals surface area contributed by atoms with Gasteiger partial charge in [-0.25, -0.2) is 0 Å². The molecule has 1 atom stereocenters. The minimum atomic E-state index is -0.403. The Hall–Kier alpha value is -3.15. The molecule has 1 aliphatic rings. The van der Waals surface area contributed by atoms with Gasteiger partial charge in [0.2, 0.25) is 11.8 Å². The van der Waals surface area contributed by atoms with Crippen LogP contribution < -0.4 is 10.2 Å². The highest BCUT2D eigenvalue weighted by Crippen LogP contribution is 2.29. The van der Waals surface area contributed by atoms with Crippen molar-refractivity contribution in [3.63, 3.8) is 0 Å². The van der Waals surface area contributed by atoms with Crippen LogP contribution in [-0.2, 0) is 16.0 Å². The summed E-state index contributed by atoms with van der Waals surface area (Å²) in [6.45, 7) is 7.63. The Morgan fingerprint density at radius 3 is 2.33 bits per heavy atom. The van der Waals surface area contributed by atoms with Gasteiger partial charge in [-0.15, -0.1) is 0 Å². The van der Waals surface area contributed by atoms with Gasteiger partial charge in [-0.1, -0.05) is 25.1 Å². The molecule has 0 aromatic heterocycles. The molecule has 2 aromatic carbocycles. The molecule has 1 N–H and O–H groups in total. The van der Waals surface area contributed by atoms with Crippen LogP contribution in [0.25, 0.3) is 0 Å². The number of hydrogen-bond donors (Lipinski definition) is 1. The highest BCUT2D eigenvalue weighted by atomic mass is 16.2. The van der Waals surface area contributed by atoms with Crippen LogP contribution in [0.3, 0.4) is 0 Å². The zero-order valence-electron chi connectivity index (χ0n) is 17.9. The summed E-state index contributed by atoms with van der Waals surface area (Å²) in [6.07, 6.45) is 1.03. The zero-order valence-corrected chi connectivity index (χ0v) is 17.9. The number of para-hydroxylation sites is 1. The number of rotatable bonds is 7. The van der Waals surface area contributed by atoms with Crippen molar-refractivity contribution >= 4 is 29.1 Å². The Kier molecular flexibility index (Phi) is 6.87. The van der Waals surface area contributed by atoms with E-state index in [0.717, 1.165) is 17.7 Å². The van der Waals surface area contributed by atoms with Crippen molar-refractivity contribution in [3.8, 4) is 0 Å². The summed E-state index contributed by atoms with van der Waals surface area (Å²) in [4.78, 5) is 41.2. The third-order valence-corrected chi connectivity index (χ3v) is 5.61. The standard InChI is InChI=1S/C24H29N3O3/c1-4-17-9-7-8-10-21(17)27-16-19(15-22(27)28)23(29)25-20-13-11-18(12-14-20)24(30)26(5-2)6-3/h7-14,19H,4-6,15-16H2,1-3H3,(H,25,29)/t19-/m1/s1. The van der Waals surface area contributed by atoms with Gasteiger partial charge in [0.05, 0.1) is 5.92 Å². The van der Waals surface area contributed by atoms with Crippen molar-refractivity contribution in [2.24, 2.45) is 5.92 Å². The van der Waals surface area contributed by atoms with Crippen LogP contribution in [0.1, 0.15) is 43.1 Å². The third-order valence-electron chi connectivity index (χ3n) is 5.61. The molecule has 6 nitrogen and oxygen atoms in total. The highest BCUT2D eigenvalue weighted by molar-refractivity contribution is 6.04. The van der Waals surface area contributed by atoms with Crippen LogP contribution in [0.5, 0.6) is 0 Å². The van der Waals surface area contributed by atoms with Crippen LogP contribution in [0.2, 0.25) is 0 Å². The maximum atomic E-state index is 12.7. The first-order valence-corrected chi connectivity index (χ1v) is 10.6. The molecule has 2 aromatic rings. The van der Waals surface area contributed by atoms with Gasteiger partial charge < -0.3 is 15.1 Å². The monoisotopic (exact) mass is 407 g/mol. The molecule has 0 unspecified atom stereocenters. The second kappa shape index (κ2) is 9.57. The average Bonchev–Trinajstić information content (AvgIpc) is 3.16. The van der Waals surface area contributed by atoms with Crippen molar-refractivity contribution < 1.29 is 14.4 Å². The number of amides is 3. The van der Waals surface area contributed by atoms with Gasteiger partial charge >= 0.3 is 0 Å². The summed E-state index contributed by atoms with van der Waals surface area (Å²) in [7, 11) is 0. The summed E-state index contributed by atoms with van der Waals surface area (Å²) in [6, 6.07) is 14.7. The lowest BCUT2D eigenvalue weighted by Crippen LogP contribution is -2.30. The number of benzene rings is 2. The van der Waals surface area contributed by atoms with Gasteiger partial charge in [-0.2, -0.15) is 0 Å². The largest absolute Gasteiger partial charge is 0.339 e. The summed E-state index contributed by atoms with van der Waals surface area (Å²) >= 11 is 0. The quantitative estimate of drug-likeness (QED) is 0.760. The molecule has 0 bridgehead atoms. The SMILES string of the molecule is CCc1ccccc1N1C[C@H](C(=O)Nc2ccc(C(=O)N(CC)CC)cc2)CC1=O. The van der Waals surface area contributed by atoms with E-state index in [1.807, 2.05) is 38.1 Å². The molecule has 30 heavy (non-hydrogen) atoms. The Morgan fingerprint density at radius 2 is 1.70 bits per heavy atom. The fourth-order valence-electron chi connectivity index (χ4n) is 3.82. The summed E-state index contributed by atoms with van der Waals surface area (Å²) in [5, 5.41) is 2.89. The Labute approximate surface area is 177 Å². The van der Waals surface area contributed by atoms with Gasteiger partial charge in [-0.3, -0.25) is 14.4 Å². The van der Waals surface area contributed by atoms with Gasteiger partial charge in [0.15, 0.2) is 0 Å². The molecular weight excluding hydrogens is 378 g/mol. The van der Waals surface area contributed by atoms with Crippen LogP contribution in [0.15, 0.2) is 48.5 Å². The lowest BCUT2D eigenvalue weighted by molar-refractivity contribution is -0.122. The Bertz CT molecular complexity index is 920. The number of nitrogens with zero attached hydrogens (tertiary/aromatic N) is 2. The first-order valence-electron chi connectivity index (χ1n) is 10.6. The van der Waals surface area contributed by atoms with Crippen LogP contribution in [0.4, 0.5) is 11.4 Å². The van der Waals surface area contributed by atoms with Crippen molar-refractivity contribution in [1.82, 2.24) is 4.90 Å². The Morgan fingerprint density at radius 1 is 1.03 bits per heavy atom.